The molecule has 7 heteroatoms. The molecule has 0 saturated carbocycles. The molecular formula is C16H21N3O4. The lowest BCUT2D eigenvalue weighted by Gasteiger charge is -2.40. The van der Waals surface area contributed by atoms with E-state index in [1.807, 2.05) is 0 Å². The van der Waals surface area contributed by atoms with E-state index in [1.165, 1.54) is 6.07 Å². The summed E-state index contributed by atoms with van der Waals surface area (Å²) in [5, 5.41) is 10.9. The first-order chi connectivity index (χ1) is 11.1. The SMILES string of the molecule is NCC1(C(=O)N2CCc3ccc([N+](=O)[O-])cc3C2)CCOCC1. The molecule has 7 nitrogen and oxygen atoms in total. The van der Waals surface area contributed by atoms with E-state index >= 15 is 0 Å². The van der Waals surface area contributed by atoms with Crippen molar-refractivity contribution in [2.24, 2.45) is 11.1 Å². The summed E-state index contributed by atoms with van der Waals surface area (Å²) in [6.07, 6.45) is 2.00. The van der Waals surface area contributed by atoms with E-state index in [-0.39, 0.29) is 11.6 Å². The van der Waals surface area contributed by atoms with E-state index in [0.717, 1.165) is 17.5 Å². The van der Waals surface area contributed by atoms with Gasteiger partial charge in [0.2, 0.25) is 5.91 Å². The molecule has 0 bridgehead atoms. The van der Waals surface area contributed by atoms with Crippen LogP contribution in [0.5, 0.6) is 0 Å². The molecule has 1 aromatic rings. The van der Waals surface area contributed by atoms with Crippen LogP contribution in [-0.2, 0) is 22.5 Å². The number of ether oxygens (including phenoxy) is 1. The molecule has 2 aliphatic heterocycles. The summed E-state index contributed by atoms with van der Waals surface area (Å²) in [6, 6.07) is 4.90. The van der Waals surface area contributed by atoms with Crippen molar-refractivity contribution in [2.75, 3.05) is 26.3 Å². The van der Waals surface area contributed by atoms with Crippen LogP contribution in [0.3, 0.4) is 0 Å². The molecular weight excluding hydrogens is 298 g/mol. The molecule has 23 heavy (non-hydrogen) atoms. The lowest BCUT2D eigenvalue weighted by Crippen LogP contribution is -2.51. The van der Waals surface area contributed by atoms with Crippen molar-refractivity contribution in [2.45, 2.75) is 25.8 Å². The lowest BCUT2D eigenvalue weighted by atomic mass is 9.78. The molecule has 0 aliphatic carbocycles. The van der Waals surface area contributed by atoms with E-state index < -0.39 is 10.3 Å². The molecule has 3 rings (SSSR count). The molecule has 1 amide bonds. The van der Waals surface area contributed by atoms with Crippen molar-refractivity contribution in [3.63, 3.8) is 0 Å². The Bertz CT molecular complexity index is 626. The van der Waals surface area contributed by atoms with E-state index in [4.69, 9.17) is 10.5 Å². The Labute approximate surface area is 134 Å². The minimum Gasteiger partial charge on any atom is -0.381 e. The number of hydrogen-bond acceptors (Lipinski definition) is 5. The summed E-state index contributed by atoms with van der Waals surface area (Å²) < 4.78 is 5.36. The first kappa shape index (κ1) is 15.9. The highest BCUT2D eigenvalue weighted by molar-refractivity contribution is 5.83. The molecule has 1 fully saturated rings. The summed E-state index contributed by atoms with van der Waals surface area (Å²) in [6.45, 7) is 2.47. The van der Waals surface area contributed by atoms with Gasteiger partial charge in [-0.15, -0.1) is 0 Å². The summed E-state index contributed by atoms with van der Waals surface area (Å²) in [7, 11) is 0. The van der Waals surface area contributed by atoms with Crippen molar-refractivity contribution >= 4 is 11.6 Å². The van der Waals surface area contributed by atoms with Crippen molar-refractivity contribution in [3.05, 3.63) is 39.4 Å². The number of carbonyl (C=O) groups is 1. The van der Waals surface area contributed by atoms with Gasteiger partial charge in [-0.25, -0.2) is 0 Å². The number of rotatable bonds is 3. The zero-order chi connectivity index (χ0) is 16.4. The number of nitro benzene ring substituents is 1. The molecule has 0 unspecified atom stereocenters. The number of non-ortho nitro benzene ring substituents is 1. The Morgan fingerprint density at radius 2 is 2.09 bits per heavy atom. The van der Waals surface area contributed by atoms with Crippen LogP contribution in [0.25, 0.3) is 0 Å². The number of benzene rings is 1. The van der Waals surface area contributed by atoms with Crippen LogP contribution in [0.1, 0.15) is 24.0 Å². The molecule has 2 heterocycles. The van der Waals surface area contributed by atoms with Crippen LogP contribution in [0.15, 0.2) is 18.2 Å². The van der Waals surface area contributed by atoms with Gasteiger partial charge >= 0.3 is 0 Å². The van der Waals surface area contributed by atoms with Crippen LogP contribution >= 0.6 is 0 Å². The number of nitro groups is 1. The number of nitrogens with two attached hydrogens (primary N) is 1. The van der Waals surface area contributed by atoms with Crippen LogP contribution in [0.2, 0.25) is 0 Å². The van der Waals surface area contributed by atoms with Gasteiger partial charge in [-0.2, -0.15) is 0 Å². The van der Waals surface area contributed by atoms with E-state index in [1.54, 1.807) is 17.0 Å². The average Bonchev–Trinajstić information content (AvgIpc) is 2.60. The van der Waals surface area contributed by atoms with Crippen molar-refractivity contribution in [3.8, 4) is 0 Å². The van der Waals surface area contributed by atoms with Gasteiger partial charge in [0.05, 0.1) is 10.3 Å². The number of nitrogens with zero attached hydrogens (tertiary/aromatic N) is 2. The largest absolute Gasteiger partial charge is 0.381 e. The summed E-state index contributed by atoms with van der Waals surface area (Å²) >= 11 is 0. The van der Waals surface area contributed by atoms with Gasteiger partial charge in [-0.3, -0.25) is 14.9 Å². The van der Waals surface area contributed by atoms with Gasteiger partial charge in [0.25, 0.3) is 5.69 Å². The fourth-order valence-electron chi connectivity index (χ4n) is 3.43. The second-order valence-electron chi connectivity index (χ2n) is 6.28. The molecule has 0 atom stereocenters. The quantitative estimate of drug-likeness (QED) is 0.667. The predicted molar refractivity (Wildman–Crippen MR) is 83.8 cm³/mol. The van der Waals surface area contributed by atoms with Gasteiger partial charge in [-0.1, -0.05) is 6.07 Å². The van der Waals surface area contributed by atoms with Crippen molar-refractivity contribution < 1.29 is 14.5 Å². The molecule has 0 radical (unpaired) electrons. The maximum atomic E-state index is 13.0. The smallest absolute Gasteiger partial charge is 0.269 e. The Kier molecular flexibility index (Phi) is 4.32. The first-order valence-corrected chi connectivity index (χ1v) is 7.89. The zero-order valence-corrected chi connectivity index (χ0v) is 13.0. The van der Waals surface area contributed by atoms with Crippen LogP contribution in [0.4, 0.5) is 5.69 Å². The Balaban J connectivity index is 1.81. The van der Waals surface area contributed by atoms with Gasteiger partial charge in [0.15, 0.2) is 0 Å². The second kappa shape index (κ2) is 6.25. The van der Waals surface area contributed by atoms with E-state index in [0.29, 0.717) is 45.7 Å². The summed E-state index contributed by atoms with van der Waals surface area (Å²) in [5.74, 6) is 0.0560. The second-order valence-corrected chi connectivity index (χ2v) is 6.28. The van der Waals surface area contributed by atoms with Crippen molar-refractivity contribution in [1.29, 1.82) is 0 Å². The number of carbonyl (C=O) groups excluding carboxylic acids is 1. The van der Waals surface area contributed by atoms with Crippen molar-refractivity contribution in [1.82, 2.24) is 4.90 Å². The third-order valence-electron chi connectivity index (χ3n) is 4.99. The number of amides is 1. The number of hydrogen-bond donors (Lipinski definition) is 1. The minimum absolute atomic E-state index is 0.0560. The fraction of sp³-hybridized carbons (Fsp3) is 0.562. The summed E-state index contributed by atoms with van der Waals surface area (Å²) in [5.41, 5.74) is 7.37. The number of fused-ring (bicyclic) bond motifs is 1. The van der Waals surface area contributed by atoms with E-state index in [2.05, 4.69) is 0 Å². The zero-order valence-electron chi connectivity index (χ0n) is 13.0. The molecule has 124 valence electrons. The molecule has 0 aromatic heterocycles. The van der Waals surface area contributed by atoms with E-state index in [9.17, 15) is 14.9 Å². The van der Waals surface area contributed by atoms with Gasteiger partial charge < -0.3 is 15.4 Å². The maximum absolute atomic E-state index is 13.0. The van der Waals surface area contributed by atoms with Crippen LogP contribution in [0, 0.1) is 15.5 Å². The average molecular weight is 319 g/mol. The topological polar surface area (TPSA) is 98.7 Å². The third kappa shape index (κ3) is 2.94. The Morgan fingerprint density at radius 1 is 1.35 bits per heavy atom. The van der Waals surface area contributed by atoms with Crippen LogP contribution in [-0.4, -0.2) is 42.0 Å². The molecule has 1 aromatic carbocycles. The highest BCUT2D eigenvalue weighted by Crippen LogP contribution is 2.34. The standard InChI is InChI=1S/C16H21N3O4/c17-11-16(4-7-23-8-5-16)15(20)18-6-3-12-1-2-14(19(21)22)9-13(12)10-18/h1-2,9H,3-8,10-11,17H2. The lowest BCUT2D eigenvalue weighted by molar-refractivity contribution is -0.385. The Morgan fingerprint density at radius 3 is 2.74 bits per heavy atom. The van der Waals surface area contributed by atoms with Gasteiger partial charge in [0.1, 0.15) is 0 Å². The molecule has 0 spiro atoms. The van der Waals surface area contributed by atoms with Gasteiger partial charge in [0, 0.05) is 45.0 Å². The monoisotopic (exact) mass is 319 g/mol. The highest BCUT2D eigenvalue weighted by atomic mass is 16.6. The molecule has 2 N–H and O–H groups in total. The predicted octanol–water partition coefficient (Wildman–Crippen LogP) is 1.23. The fourth-order valence-corrected chi connectivity index (χ4v) is 3.43. The van der Waals surface area contributed by atoms with Gasteiger partial charge in [-0.05, 0) is 30.4 Å². The minimum atomic E-state index is -0.545. The normalized spacial score (nSPS) is 20.0. The third-order valence-corrected chi connectivity index (χ3v) is 4.99. The maximum Gasteiger partial charge on any atom is 0.269 e. The van der Waals surface area contributed by atoms with Crippen LogP contribution < -0.4 is 5.73 Å². The first-order valence-electron chi connectivity index (χ1n) is 7.89. The summed E-state index contributed by atoms with van der Waals surface area (Å²) in [4.78, 5) is 25.3. The molecule has 2 aliphatic rings. The Hall–Kier alpha value is -1.99. The highest BCUT2D eigenvalue weighted by Gasteiger charge is 2.42. The molecule has 1 saturated heterocycles.